The number of benzene rings is 1. The van der Waals surface area contributed by atoms with Crippen LogP contribution in [-0.4, -0.2) is 16.5 Å². The lowest BCUT2D eigenvalue weighted by Crippen LogP contribution is -2.04. The Kier molecular flexibility index (Phi) is 4.06. The first-order valence-corrected chi connectivity index (χ1v) is 5.82. The van der Waals surface area contributed by atoms with Crippen molar-refractivity contribution in [3.63, 3.8) is 0 Å². The lowest BCUT2D eigenvalue weighted by molar-refractivity contribution is 0.626. The number of rotatable bonds is 5. The smallest absolute Gasteiger partial charge is 0.131 e. The molecule has 0 aliphatic heterocycles. The monoisotopic (exact) mass is 246 g/mol. The zero-order valence-electron chi connectivity index (χ0n) is 10.2. The minimum Gasteiger partial charge on any atom is -0.370 e. The second-order valence-electron chi connectivity index (χ2n) is 3.80. The summed E-state index contributed by atoms with van der Waals surface area (Å²) >= 11 is 0. The third kappa shape index (κ3) is 3.41. The van der Waals surface area contributed by atoms with Crippen molar-refractivity contribution in [2.45, 2.75) is 13.5 Å². The van der Waals surface area contributed by atoms with E-state index in [0.29, 0.717) is 12.4 Å². The van der Waals surface area contributed by atoms with E-state index in [2.05, 4.69) is 20.6 Å². The van der Waals surface area contributed by atoms with Crippen molar-refractivity contribution in [3.8, 4) is 0 Å². The minimum absolute atomic E-state index is 0.231. The number of nitrogens with one attached hydrogen (secondary N) is 2. The molecular formula is C13H15FN4. The van der Waals surface area contributed by atoms with Gasteiger partial charge < -0.3 is 10.6 Å². The fourth-order valence-electron chi connectivity index (χ4n) is 1.57. The van der Waals surface area contributed by atoms with Crippen molar-refractivity contribution in [2.75, 3.05) is 17.2 Å². The lowest BCUT2D eigenvalue weighted by atomic mass is 10.2. The highest BCUT2D eigenvalue weighted by Gasteiger charge is 1.99. The van der Waals surface area contributed by atoms with Crippen LogP contribution >= 0.6 is 0 Å². The fraction of sp³-hybridized carbons (Fsp3) is 0.231. The van der Waals surface area contributed by atoms with Crippen molar-refractivity contribution >= 4 is 11.6 Å². The van der Waals surface area contributed by atoms with Gasteiger partial charge in [0.05, 0.1) is 0 Å². The molecule has 0 aliphatic rings. The lowest BCUT2D eigenvalue weighted by Gasteiger charge is -2.07. The molecular weight excluding hydrogens is 231 g/mol. The Morgan fingerprint density at radius 3 is 2.61 bits per heavy atom. The van der Waals surface area contributed by atoms with E-state index in [0.717, 1.165) is 17.9 Å². The number of hydrogen-bond acceptors (Lipinski definition) is 4. The summed E-state index contributed by atoms with van der Waals surface area (Å²) < 4.78 is 13.0. The molecule has 2 aromatic rings. The van der Waals surface area contributed by atoms with Gasteiger partial charge in [0, 0.05) is 19.2 Å². The summed E-state index contributed by atoms with van der Waals surface area (Å²) in [6.45, 7) is 3.34. The van der Waals surface area contributed by atoms with Gasteiger partial charge in [-0.15, -0.1) is 0 Å². The molecule has 1 heterocycles. The summed E-state index contributed by atoms with van der Waals surface area (Å²) in [6.07, 6.45) is 1.49. The first-order chi connectivity index (χ1) is 8.78. The molecule has 94 valence electrons. The second kappa shape index (κ2) is 5.95. The molecule has 1 aromatic heterocycles. The van der Waals surface area contributed by atoms with E-state index in [1.54, 1.807) is 6.07 Å². The molecule has 18 heavy (non-hydrogen) atoms. The normalized spacial score (nSPS) is 10.1. The molecule has 1 aromatic carbocycles. The van der Waals surface area contributed by atoms with E-state index >= 15 is 0 Å². The summed E-state index contributed by atoms with van der Waals surface area (Å²) in [7, 11) is 0. The van der Waals surface area contributed by atoms with Crippen molar-refractivity contribution < 1.29 is 4.39 Å². The van der Waals surface area contributed by atoms with Gasteiger partial charge in [-0.25, -0.2) is 14.4 Å². The highest BCUT2D eigenvalue weighted by molar-refractivity contribution is 5.46. The quantitative estimate of drug-likeness (QED) is 0.851. The van der Waals surface area contributed by atoms with Crippen LogP contribution in [0.3, 0.4) is 0 Å². The molecule has 0 saturated carbocycles. The van der Waals surface area contributed by atoms with Gasteiger partial charge in [0.25, 0.3) is 0 Å². The molecule has 2 N–H and O–H groups in total. The molecule has 4 nitrogen and oxygen atoms in total. The van der Waals surface area contributed by atoms with Crippen molar-refractivity contribution in [2.24, 2.45) is 0 Å². The van der Waals surface area contributed by atoms with Gasteiger partial charge in [-0.05, 0) is 24.6 Å². The van der Waals surface area contributed by atoms with Gasteiger partial charge in [-0.1, -0.05) is 12.1 Å². The Bertz CT molecular complexity index is 516. The highest BCUT2D eigenvalue weighted by Crippen LogP contribution is 2.10. The van der Waals surface area contributed by atoms with Crippen LogP contribution in [-0.2, 0) is 6.54 Å². The van der Waals surface area contributed by atoms with E-state index in [1.165, 1.54) is 18.5 Å². The molecule has 0 bridgehead atoms. The predicted molar refractivity (Wildman–Crippen MR) is 69.9 cm³/mol. The van der Waals surface area contributed by atoms with Gasteiger partial charge in [-0.3, -0.25) is 0 Å². The maximum atomic E-state index is 13.0. The SMILES string of the molecule is CCNc1cc(NCc2cccc(F)c2)ncn1. The molecule has 0 aliphatic carbocycles. The molecule has 5 heteroatoms. The number of anilines is 2. The Morgan fingerprint density at radius 1 is 1.11 bits per heavy atom. The van der Waals surface area contributed by atoms with Gasteiger partial charge >= 0.3 is 0 Å². The standard InChI is InChI=1S/C13H15FN4/c1-2-15-12-7-13(18-9-17-12)16-8-10-4-3-5-11(14)6-10/h3-7,9H,2,8H2,1H3,(H2,15,16,17,18). The van der Waals surface area contributed by atoms with Crippen LogP contribution in [0.25, 0.3) is 0 Å². The second-order valence-corrected chi connectivity index (χ2v) is 3.80. The third-order valence-corrected chi connectivity index (χ3v) is 2.39. The van der Waals surface area contributed by atoms with Gasteiger partial charge in [0.15, 0.2) is 0 Å². The Morgan fingerprint density at radius 2 is 1.89 bits per heavy atom. The molecule has 0 radical (unpaired) electrons. The number of halogens is 1. The molecule has 0 spiro atoms. The van der Waals surface area contributed by atoms with Crippen LogP contribution in [0.4, 0.5) is 16.0 Å². The average molecular weight is 246 g/mol. The van der Waals surface area contributed by atoms with Crippen LogP contribution in [0.1, 0.15) is 12.5 Å². The summed E-state index contributed by atoms with van der Waals surface area (Å²) in [5.41, 5.74) is 0.874. The van der Waals surface area contributed by atoms with Gasteiger partial charge in [0.1, 0.15) is 23.8 Å². The predicted octanol–water partition coefficient (Wildman–Crippen LogP) is 2.66. The zero-order valence-corrected chi connectivity index (χ0v) is 10.2. The topological polar surface area (TPSA) is 49.8 Å². The van der Waals surface area contributed by atoms with Crippen LogP contribution in [0.5, 0.6) is 0 Å². The summed E-state index contributed by atoms with van der Waals surface area (Å²) in [5, 5.41) is 6.23. The van der Waals surface area contributed by atoms with Crippen molar-refractivity contribution in [3.05, 3.63) is 48.0 Å². The Hall–Kier alpha value is -2.17. The number of nitrogens with zero attached hydrogens (tertiary/aromatic N) is 2. The van der Waals surface area contributed by atoms with Gasteiger partial charge in [0.2, 0.25) is 0 Å². The summed E-state index contributed by atoms with van der Waals surface area (Å²) in [6, 6.07) is 8.30. The Labute approximate surface area is 105 Å². The van der Waals surface area contributed by atoms with E-state index in [1.807, 2.05) is 19.1 Å². The van der Waals surface area contributed by atoms with E-state index in [4.69, 9.17) is 0 Å². The molecule has 0 saturated heterocycles. The van der Waals surface area contributed by atoms with Crippen LogP contribution in [0.15, 0.2) is 36.7 Å². The first kappa shape index (κ1) is 12.3. The van der Waals surface area contributed by atoms with Crippen LogP contribution in [0.2, 0.25) is 0 Å². The van der Waals surface area contributed by atoms with Crippen molar-refractivity contribution in [1.82, 2.24) is 9.97 Å². The van der Waals surface area contributed by atoms with Gasteiger partial charge in [-0.2, -0.15) is 0 Å². The fourth-order valence-corrected chi connectivity index (χ4v) is 1.57. The maximum absolute atomic E-state index is 13.0. The largest absolute Gasteiger partial charge is 0.370 e. The number of aromatic nitrogens is 2. The Balaban J connectivity index is 1.99. The molecule has 0 atom stereocenters. The maximum Gasteiger partial charge on any atom is 0.131 e. The van der Waals surface area contributed by atoms with Crippen LogP contribution < -0.4 is 10.6 Å². The van der Waals surface area contributed by atoms with Crippen molar-refractivity contribution in [1.29, 1.82) is 0 Å². The summed E-state index contributed by atoms with van der Waals surface area (Å²) in [5.74, 6) is 1.25. The summed E-state index contributed by atoms with van der Waals surface area (Å²) in [4.78, 5) is 8.18. The van der Waals surface area contributed by atoms with E-state index in [-0.39, 0.29) is 5.82 Å². The molecule has 0 amide bonds. The van der Waals surface area contributed by atoms with E-state index in [9.17, 15) is 4.39 Å². The molecule has 0 unspecified atom stereocenters. The number of hydrogen-bond donors (Lipinski definition) is 2. The minimum atomic E-state index is -0.231. The zero-order chi connectivity index (χ0) is 12.8. The first-order valence-electron chi connectivity index (χ1n) is 5.82. The highest BCUT2D eigenvalue weighted by atomic mass is 19.1. The third-order valence-electron chi connectivity index (χ3n) is 2.39. The molecule has 2 rings (SSSR count). The van der Waals surface area contributed by atoms with Crippen LogP contribution in [0, 0.1) is 5.82 Å². The molecule has 0 fully saturated rings. The van der Waals surface area contributed by atoms with E-state index < -0.39 is 0 Å². The average Bonchev–Trinajstić information content (AvgIpc) is 2.37.